The Kier molecular flexibility index (Phi) is 6.59. The standard InChI is InChI=1S/C19H27N3O2S.ClH/c23-18(21-7-2-1-3-8-21)14-20-9-11-22(12-10-20)19(24)17-13-15-5-4-6-16(15)25-17;/h13H,1-12,14H2;1H. The summed E-state index contributed by atoms with van der Waals surface area (Å²) in [6.45, 7) is 5.41. The quantitative estimate of drug-likeness (QED) is 0.786. The Balaban J connectivity index is 0.00000196. The number of halogens is 1. The van der Waals surface area contributed by atoms with Crippen molar-refractivity contribution in [2.45, 2.75) is 38.5 Å². The molecule has 0 radical (unpaired) electrons. The van der Waals surface area contributed by atoms with Crippen LogP contribution in [-0.2, 0) is 17.6 Å². The molecule has 1 aliphatic carbocycles. The Morgan fingerprint density at radius 1 is 0.885 bits per heavy atom. The molecule has 1 aromatic heterocycles. The molecule has 0 N–H and O–H groups in total. The van der Waals surface area contributed by atoms with Crippen molar-refractivity contribution >= 4 is 35.6 Å². The summed E-state index contributed by atoms with van der Waals surface area (Å²) in [5, 5.41) is 0. The molecule has 5 nitrogen and oxygen atoms in total. The van der Waals surface area contributed by atoms with Crippen LogP contribution in [0, 0.1) is 0 Å². The first-order chi connectivity index (χ1) is 12.2. The summed E-state index contributed by atoms with van der Waals surface area (Å²) in [4.78, 5) is 33.6. The Hall–Kier alpha value is -1.11. The first kappa shape index (κ1) is 19.6. The van der Waals surface area contributed by atoms with Crippen LogP contribution in [0.3, 0.4) is 0 Å². The van der Waals surface area contributed by atoms with Gasteiger partial charge in [0.2, 0.25) is 5.91 Å². The van der Waals surface area contributed by atoms with E-state index in [9.17, 15) is 9.59 Å². The van der Waals surface area contributed by atoms with Crippen molar-refractivity contribution in [3.8, 4) is 0 Å². The Morgan fingerprint density at radius 3 is 2.31 bits per heavy atom. The van der Waals surface area contributed by atoms with E-state index in [4.69, 9.17) is 0 Å². The summed E-state index contributed by atoms with van der Waals surface area (Å²) < 4.78 is 0. The molecule has 3 heterocycles. The van der Waals surface area contributed by atoms with E-state index < -0.39 is 0 Å². The van der Waals surface area contributed by atoms with Crippen molar-refractivity contribution in [3.63, 3.8) is 0 Å². The minimum absolute atomic E-state index is 0. The van der Waals surface area contributed by atoms with Crippen LogP contribution in [0.4, 0.5) is 0 Å². The van der Waals surface area contributed by atoms with Crippen molar-refractivity contribution in [2.75, 3.05) is 45.8 Å². The first-order valence-corrected chi connectivity index (χ1v) is 10.4. The van der Waals surface area contributed by atoms with Gasteiger partial charge in [0.05, 0.1) is 11.4 Å². The number of likely N-dealkylation sites (tertiary alicyclic amines) is 1. The van der Waals surface area contributed by atoms with Gasteiger partial charge in [-0.15, -0.1) is 23.7 Å². The molecule has 0 spiro atoms. The monoisotopic (exact) mass is 397 g/mol. The number of hydrogen-bond donors (Lipinski definition) is 0. The molecule has 0 saturated carbocycles. The second-order valence-corrected chi connectivity index (χ2v) is 8.56. The lowest BCUT2D eigenvalue weighted by molar-refractivity contribution is -0.133. The largest absolute Gasteiger partial charge is 0.342 e. The summed E-state index contributed by atoms with van der Waals surface area (Å²) in [5.41, 5.74) is 1.39. The average molecular weight is 398 g/mol. The van der Waals surface area contributed by atoms with E-state index in [0.29, 0.717) is 6.54 Å². The van der Waals surface area contributed by atoms with Crippen molar-refractivity contribution in [1.82, 2.24) is 14.7 Å². The number of carbonyl (C=O) groups is 2. The smallest absolute Gasteiger partial charge is 0.264 e. The average Bonchev–Trinajstić information content (AvgIpc) is 3.24. The maximum atomic E-state index is 12.7. The summed E-state index contributed by atoms with van der Waals surface area (Å²) in [7, 11) is 0. The SMILES string of the molecule is Cl.O=C(CN1CCN(C(=O)c2cc3c(s2)CCC3)CC1)N1CCCCC1. The number of piperazine rings is 1. The Morgan fingerprint density at radius 2 is 1.62 bits per heavy atom. The van der Waals surface area contributed by atoms with Gasteiger partial charge in [-0.2, -0.15) is 0 Å². The molecule has 0 unspecified atom stereocenters. The number of fused-ring (bicyclic) bond motifs is 1. The van der Waals surface area contributed by atoms with Crippen LogP contribution in [0.15, 0.2) is 6.07 Å². The zero-order valence-corrected chi connectivity index (χ0v) is 16.9. The fraction of sp³-hybridized carbons (Fsp3) is 0.684. The molecule has 3 aliphatic rings. The number of thiophene rings is 1. The topological polar surface area (TPSA) is 43.9 Å². The summed E-state index contributed by atoms with van der Waals surface area (Å²) in [6, 6.07) is 2.11. The molecule has 7 heteroatoms. The van der Waals surface area contributed by atoms with E-state index >= 15 is 0 Å². The lowest BCUT2D eigenvalue weighted by Crippen LogP contribution is -2.51. The number of rotatable bonds is 3. The first-order valence-electron chi connectivity index (χ1n) is 9.62. The maximum Gasteiger partial charge on any atom is 0.264 e. The van der Waals surface area contributed by atoms with Crippen LogP contribution in [0.5, 0.6) is 0 Å². The molecule has 26 heavy (non-hydrogen) atoms. The zero-order valence-electron chi connectivity index (χ0n) is 15.2. The number of aryl methyl sites for hydroxylation is 2. The molecule has 0 bridgehead atoms. The molecule has 2 aliphatic heterocycles. The third kappa shape index (κ3) is 4.24. The van der Waals surface area contributed by atoms with Crippen LogP contribution in [-0.4, -0.2) is 72.3 Å². The maximum absolute atomic E-state index is 12.7. The fourth-order valence-corrected chi connectivity index (χ4v) is 5.36. The molecule has 1 aromatic rings. The van der Waals surface area contributed by atoms with Gasteiger partial charge in [0.15, 0.2) is 0 Å². The molecular weight excluding hydrogens is 370 g/mol. The Bertz CT molecular complexity index is 628. The van der Waals surface area contributed by atoms with Crippen molar-refractivity contribution < 1.29 is 9.59 Å². The number of amides is 2. The lowest BCUT2D eigenvalue weighted by atomic mass is 10.1. The molecule has 144 valence electrons. The van der Waals surface area contributed by atoms with Crippen LogP contribution in [0.1, 0.15) is 45.8 Å². The van der Waals surface area contributed by atoms with E-state index in [2.05, 4.69) is 11.0 Å². The highest BCUT2D eigenvalue weighted by Crippen LogP contribution is 2.31. The Labute approximate surface area is 165 Å². The van der Waals surface area contributed by atoms with Crippen molar-refractivity contribution in [2.24, 2.45) is 0 Å². The van der Waals surface area contributed by atoms with Gasteiger partial charge >= 0.3 is 0 Å². The predicted molar refractivity (Wildman–Crippen MR) is 106 cm³/mol. The van der Waals surface area contributed by atoms with E-state index in [1.54, 1.807) is 11.3 Å². The van der Waals surface area contributed by atoms with Gasteiger partial charge in [0.1, 0.15) is 0 Å². The minimum atomic E-state index is 0. The number of nitrogens with zero attached hydrogens (tertiary/aromatic N) is 3. The van der Waals surface area contributed by atoms with Gasteiger partial charge < -0.3 is 9.80 Å². The van der Waals surface area contributed by atoms with E-state index in [1.807, 2.05) is 9.80 Å². The predicted octanol–water partition coefficient (Wildman–Crippen LogP) is 2.43. The minimum Gasteiger partial charge on any atom is -0.342 e. The summed E-state index contributed by atoms with van der Waals surface area (Å²) in [5.74, 6) is 0.440. The van der Waals surface area contributed by atoms with Crippen molar-refractivity contribution in [1.29, 1.82) is 0 Å². The van der Waals surface area contributed by atoms with Gasteiger partial charge in [-0.05, 0) is 50.2 Å². The van der Waals surface area contributed by atoms with Crippen LogP contribution in [0.25, 0.3) is 0 Å². The molecular formula is C19H28ClN3O2S. The van der Waals surface area contributed by atoms with E-state index in [-0.39, 0.29) is 24.2 Å². The van der Waals surface area contributed by atoms with Crippen LogP contribution in [0.2, 0.25) is 0 Å². The van der Waals surface area contributed by atoms with Crippen LogP contribution >= 0.6 is 23.7 Å². The molecule has 2 fully saturated rings. The van der Waals surface area contributed by atoms with Gasteiger partial charge in [0, 0.05) is 44.1 Å². The summed E-state index contributed by atoms with van der Waals surface area (Å²) in [6.07, 6.45) is 7.03. The zero-order chi connectivity index (χ0) is 17.2. The van der Waals surface area contributed by atoms with Crippen LogP contribution < -0.4 is 0 Å². The molecule has 0 atom stereocenters. The highest BCUT2D eigenvalue weighted by Gasteiger charge is 2.27. The van der Waals surface area contributed by atoms with Gasteiger partial charge in [-0.1, -0.05) is 0 Å². The highest BCUT2D eigenvalue weighted by atomic mass is 35.5. The number of hydrogen-bond acceptors (Lipinski definition) is 4. The third-order valence-corrected chi connectivity index (χ3v) is 6.91. The fourth-order valence-electron chi connectivity index (χ4n) is 4.13. The molecule has 2 amide bonds. The van der Waals surface area contributed by atoms with E-state index in [0.717, 1.165) is 69.8 Å². The van der Waals surface area contributed by atoms with Crippen molar-refractivity contribution in [3.05, 3.63) is 21.4 Å². The van der Waals surface area contributed by atoms with E-state index in [1.165, 1.54) is 23.3 Å². The molecule has 0 aromatic carbocycles. The number of carbonyl (C=O) groups excluding carboxylic acids is 2. The molecule has 2 saturated heterocycles. The van der Waals surface area contributed by atoms with Gasteiger partial charge in [0.25, 0.3) is 5.91 Å². The normalized spacial score (nSPS) is 20.6. The highest BCUT2D eigenvalue weighted by molar-refractivity contribution is 7.14. The molecule has 4 rings (SSSR count). The number of piperidine rings is 1. The van der Waals surface area contributed by atoms with Gasteiger partial charge in [-0.25, -0.2) is 0 Å². The lowest BCUT2D eigenvalue weighted by Gasteiger charge is -2.36. The second-order valence-electron chi connectivity index (χ2n) is 7.42. The van der Waals surface area contributed by atoms with Gasteiger partial charge in [-0.3, -0.25) is 14.5 Å². The third-order valence-electron chi connectivity index (χ3n) is 5.68. The summed E-state index contributed by atoms with van der Waals surface area (Å²) >= 11 is 1.69. The second kappa shape index (κ2) is 8.72.